The second-order valence-corrected chi connectivity index (χ2v) is 14.1. The van der Waals surface area contributed by atoms with Crippen LogP contribution in [0.1, 0.15) is 31.9 Å². The quantitative estimate of drug-likeness (QED) is 0.175. The zero-order valence-electron chi connectivity index (χ0n) is 26.7. The second-order valence-electron chi connectivity index (χ2n) is 13.1. The summed E-state index contributed by atoms with van der Waals surface area (Å²) >= 11 is 1.75. The number of hydrogen-bond donors (Lipinski definition) is 0. The summed E-state index contributed by atoms with van der Waals surface area (Å²) in [6, 6.07) is 51.9. The minimum absolute atomic E-state index is 0.0129. The lowest BCUT2D eigenvalue weighted by atomic mass is 9.85. The first kappa shape index (κ1) is 29.1. The van der Waals surface area contributed by atoms with Crippen LogP contribution in [0.2, 0.25) is 0 Å². The van der Waals surface area contributed by atoms with E-state index in [9.17, 15) is 0 Å². The molecule has 47 heavy (non-hydrogen) atoms. The molecule has 0 radical (unpaired) electrons. The van der Waals surface area contributed by atoms with Crippen LogP contribution in [0.3, 0.4) is 0 Å². The molecule has 2 nitrogen and oxygen atoms in total. The van der Waals surface area contributed by atoms with Crippen molar-refractivity contribution in [3.63, 3.8) is 0 Å². The maximum absolute atomic E-state index is 5.35. The summed E-state index contributed by atoms with van der Waals surface area (Å²) in [7, 11) is 0. The van der Waals surface area contributed by atoms with Crippen LogP contribution in [0.15, 0.2) is 151 Å². The van der Waals surface area contributed by atoms with Gasteiger partial charge in [0.05, 0.1) is 15.9 Å². The van der Waals surface area contributed by atoms with Gasteiger partial charge in [-0.3, -0.25) is 4.99 Å². The Morgan fingerprint density at radius 3 is 2.00 bits per heavy atom. The number of aromatic nitrogens is 1. The fraction of sp³-hybridized carbons (Fsp3) is 0.0909. The molecule has 0 unspecified atom stereocenters. The van der Waals surface area contributed by atoms with Crippen molar-refractivity contribution < 1.29 is 0 Å². The predicted molar refractivity (Wildman–Crippen MR) is 203 cm³/mol. The van der Waals surface area contributed by atoms with Crippen molar-refractivity contribution >= 4 is 55.0 Å². The maximum Gasteiger partial charge on any atom is 0.126 e. The van der Waals surface area contributed by atoms with Crippen LogP contribution >= 0.6 is 11.3 Å². The molecule has 7 aromatic carbocycles. The van der Waals surface area contributed by atoms with Gasteiger partial charge in [0.25, 0.3) is 0 Å². The molecule has 0 aliphatic heterocycles. The summed E-state index contributed by atoms with van der Waals surface area (Å²) in [6.45, 7) is 6.84. The number of hydrogen-bond acceptors (Lipinski definition) is 3. The predicted octanol–water partition coefficient (Wildman–Crippen LogP) is 12.7. The fourth-order valence-corrected chi connectivity index (χ4v) is 7.46. The Balaban J connectivity index is 1.26. The van der Waals surface area contributed by atoms with Crippen LogP contribution in [-0.2, 0) is 5.41 Å². The van der Waals surface area contributed by atoms with Crippen molar-refractivity contribution in [1.29, 1.82) is 0 Å². The lowest BCUT2D eigenvalue weighted by Gasteiger charge is -2.20. The summed E-state index contributed by atoms with van der Waals surface area (Å²) in [5.41, 5.74) is 10.1. The van der Waals surface area contributed by atoms with Crippen molar-refractivity contribution in [2.75, 3.05) is 0 Å². The van der Waals surface area contributed by atoms with Gasteiger partial charge in [0, 0.05) is 22.9 Å². The van der Waals surface area contributed by atoms with E-state index in [0.29, 0.717) is 0 Å². The van der Waals surface area contributed by atoms with Gasteiger partial charge in [-0.05, 0) is 79.5 Å². The average molecular weight is 623 g/mol. The van der Waals surface area contributed by atoms with E-state index in [1.165, 1.54) is 48.5 Å². The highest BCUT2D eigenvalue weighted by atomic mass is 32.1. The molecule has 0 spiro atoms. The topological polar surface area (TPSA) is 25.2 Å². The monoisotopic (exact) mass is 622 g/mol. The van der Waals surface area contributed by atoms with Crippen LogP contribution in [0, 0.1) is 0 Å². The fourth-order valence-electron chi connectivity index (χ4n) is 6.40. The van der Waals surface area contributed by atoms with Crippen molar-refractivity contribution in [3.05, 3.63) is 157 Å². The van der Waals surface area contributed by atoms with Gasteiger partial charge < -0.3 is 0 Å². The molecule has 0 amide bonds. The van der Waals surface area contributed by atoms with Gasteiger partial charge in [-0.25, -0.2) is 4.98 Å². The molecular weight excluding hydrogens is 589 g/mol. The number of thiazole rings is 1. The second kappa shape index (κ2) is 11.8. The Morgan fingerprint density at radius 1 is 0.574 bits per heavy atom. The van der Waals surface area contributed by atoms with Crippen LogP contribution in [-0.4, -0.2) is 11.2 Å². The van der Waals surface area contributed by atoms with E-state index < -0.39 is 0 Å². The smallest absolute Gasteiger partial charge is 0.126 e. The van der Waals surface area contributed by atoms with Gasteiger partial charge in [0.2, 0.25) is 0 Å². The zero-order valence-corrected chi connectivity index (χ0v) is 27.6. The highest BCUT2D eigenvalue weighted by molar-refractivity contribution is 7.21. The Bertz CT molecular complexity index is 2450. The lowest BCUT2D eigenvalue weighted by Crippen LogP contribution is -2.11. The molecule has 8 rings (SSSR count). The highest BCUT2D eigenvalue weighted by Crippen LogP contribution is 2.42. The van der Waals surface area contributed by atoms with E-state index in [0.717, 1.165) is 32.9 Å². The number of rotatable bonds is 5. The molecular formula is C44H34N2S. The Kier molecular flexibility index (Phi) is 7.27. The van der Waals surface area contributed by atoms with Crippen molar-refractivity contribution in [2.45, 2.75) is 26.2 Å². The average Bonchev–Trinajstić information content (AvgIpc) is 3.54. The van der Waals surface area contributed by atoms with Crippen LogP contribution in [0.5, 0.6) is 0 Å². The molecule has 0 saturated carbocycles. The molecule has 8 aromatic rings. The van der Waals surface area contributed by atoms with Gasteiger partial charge in [-0.1, -0.05) is 136 Å². The number of benzene rings is 7. The minimum atomic E-state index is -0.0129. The van der Waals surface area contributed by atoms with Gasteiger partial charge in [0.1, 0.15) is 5.01 Å². The Morgan fingerprint density at radius 2 is 1.19 bits per heavy atom. The summed E-state index contributed by atoms with van der Waals surface area (Å²) in [5.74, 6) is 0. The third-order valence-electron chi connectivity index (χ3n) is 8.94. The summed E-state index contributed by atoms with van der Waals surface area (Å²) in [4.78, 5) is 10.4. The molecule has 0 fully saturated rings. The lowest BCUT2D eigenvalue weighted by molar-refractivity contribution is 0.591. The van der Waals surface area contributed by atoms with Crippen molar-refractivity contribution in [2.24, 2.45) is 4.99 Å². The Hall–Kier alpha value is -5.38. The SMILES string of the molecule is CC(C)(C)c1cc(-c2cccc(-c3cccc4ccccc34)c2)c2nc(-c3ccccc3N=Cc3cccc4ccccc34)sc2c1. The number of aliphatic imine (C=N–C) groups is 1. The van der Waals surface area contributed by atoms with E-state index in [4.69, 9.17) is 9.98 Å². The van der Waals surface area contributed by atoms with Crippen LogP contribution in [0.25, 0.3) is 64.6 Å². The number of nitrogens with zero attached hydrogens (tertiary/aromatic N) is 2. The molecule has 1 aromatic heterocycles. The molecule has 226 valence electrons. The zero-order chi connectivity index (χ0) is 32.0. The summed E-state index contributed by atoms with van der Waals surface area (Å²) in [6.07, 6.45) is 1.98. The first-order valence-electron chi connectivity index (χ1n) is 16.1. The molecule has 0 bridgehead atoms. The number of para-hydroxylation sites is 1. The third-order valence-corrected chi connectivity index (χ3v) is 9.97. The van der Waals surface area contributed by atoms with Crippen molar-refractivity contribution in [3.8, 4) is 32.8 Å². The normalized spacial score (nSPS) is 12.1. The van der Waals surface area contributed by atoms with Crippen LogP contribution in [0.4, 0.5) is 5.69 Å². The molecule has 0 atom stereocenters. The minimum Gasteiger partial charge on any atom is -0.256 e. The van der Waals surface area contributed by atoms with Gasteiger partial charge in [0.15, 0.2) is 0 Å². The van der Waals surface area contributed by atoms with E-state index >= 15 is 0 Å². The maximum atomic E-state index is 5.35. The van der Waals surface area contributed by atoms with E-state index in [1.807, 2.05) is 6.21 Å². The van der Waals surface area contributed by atoms with Crippen LogP contribution < -0.4 is 0 Å². The van der Waals surface area contributed by atoms with Gasteiger partial charge in [-0.2, -0.15) is 0 Å². The summed E-state index contributed by atoms with van der Waals surface area (Å²) < 4.78 is 1.19. The van der Waals surface area contributed by atoms with E-state index in [1.54, 1.807) is 11.3 Å². The van der Waals surface area contributed by atoms with Gasteiger partial charge >= 0.3 is 0 Å². The molecule has 0 N–H and O–H groups in total. The number of fused-ring (bicyclic) bond motifs is 3. The first-order chi connectivity index (χ1) is 22.9. The van der Waals surface area contributed by atoms with E-state index in [-0.39, 0.29) is 5.41 Å². The molecule has 1 heterocycles. The van der Waals surface area contributed by atoms with E-state index in [2.05, 4.69) is 166 Å². The molecule has 0 saturated heterocycles. The third kappa shape index (κ3) is 5.54. The molecule has 3 heteroatoms. The molecule has 0 aliphatic carbocycles. The highest BCUT2D eigenvalue weighted by Gasteiger charge is 2.21. The first-order valence-corrected chi connectivity index (χ1v) is 16.9. The summed E-state index contributed by atoms with van der Waals surface area (Å²) in [5, 5.41) is 5.89. The largest absolute Gasteiger partial charge is 0.256 e. The van der Waals surface area contributed by atoms with Gasteiger partial charge in [-0.15, -0.1) is 11.3 Å². The van der Waals surface area contributed by atoms with Crippen molar-refractivity contribution in [1.82, 2.24) is 4.98 Å². The molecule has 0 aliphatic rings. The standard InChI is InChI=1S/C44H34N2S/c1-44(2,3)34-26-39(32-18-11-17-31(25-32)37-23-12-16-30-14-5-7-21-36(30)37)42-41(27-34)47-43(46-42)38-22-8-9-24-40(38)45-28-33-19-10-15-29-13-4-6-20-35(29)33/h4-28H,1-3H3. The Labute approximate surface area is 279 Å².